The molecule has 5 fully saturated rings. The molecule has 0 aromatic carbocycles. The maximum absolute atomic E-state index is 12.5. The Morgan fingerprint density at radius 1 is 1.43 bits per heavy atom. The predicted molar refractivity (Wildman–Crippen MR) is 92.8 cm³/mol. The topological polar surface area (TPSA) is 118 Å². The number of hydrogen-bond donors (Lipinski definition) is 2. The van der Waals surface area contributed by atoms with E-state index in [1.807, 2.05) is 6.92 Å². The van der Waals surface area contributed by atoms with Crippen LogP contribution in [0.15, 0.2) is 23.8 Å². The number of hydrogen-bond acceptors (Lipinski definition) is 8. The number of epoxide rings is 2. The Kier molecular flexibility index (Phi) is 3.70. The van der Waals surface area contributed by atoms with E-state index in [9.17, 15) is 14.7 Å². The average molecular weight is 392 g/mol. The fraction of sp³-hybridized carbons (Fsp3) is 0.700. The van der Waals surface area contributed by atoms with Gasteiger partial charge in [-0.05, 0) is 19.9 Å². The summed E-state index contributed by atoms with van der Waals surface area (Å²) in [6.07, 6.45) is -0.585. The highest BCUT2D eigenvalue weighted by Gasteiger charge is 2.81. The van der Waals surface area contributed by atoms with Crippen molar-refractivity contribution in [1.29, 1.82) is 0 Å². The Morgan fingerprint density at radius 2 is 2.14 bits per heavy atom. The lowest BCUT2D eigenvalue weighted by molar-refractivity contribution is -0.149. The van der Waals surface area contributed by atoms with Crippen LogP contribution >= 0.6 is 0 Å². The minimum Gasteiger partial charge on any atom is -0.458 e. The Bertz CT molecular complexity index is 798. The molecule has 2 aliphatic carbocycles. The van der Waals surface area contributed by atoms with Crippen molar-refractivity contribution in [2.75, 3.05) is 13.2 Å². The second-order valence-corrected chi connectivity index (χ2v) is 8.76. The molecule has 0 bridgehead atoms. The molecule has 8 heteroatoms. The van der Waals surface area contributed by atoms with E-state index < -0.39 is 47.4 Å². The number of aliphatic hydroxyl groups is 2. The molecule has 5 rings (SSSR count). The van der Waals surface area contributed by atoms with Crippen molar-refractivity contribution >= 4 is 11.9 Å². The van der Waals surface area contributed by atoms with E-state index in [2.05, 4.69) is 6.58 Å². The fourth-order valence-electron chi connectivity index (χ4n) is 5.75. The zero-order valence-electron chi connectivity index (χ0n) is 15.8. The van der Waals surface area contributed by atoms with E-state index in [4.69, 9.17) is 24.1 Å². The summed E-state index contributed by atoms with van der Waals surface area (Å²) in [7, 11) is 0. The van der Waals surface area contributed by atoms with Gasteiger partial charge in [-0.1, -0.05) is 6.58 Å². The number of fused-ring (bicyclic) bond motifs is 6. The summed E-state index contributed by atoms with van der Waals surface area (Å²) in [5.41, 5.74) is -0.670. The van der Waals surface area contributed by atoms with Crippen LogP contribution in [-0.2, 0) is 28.5 Å². The van der Waals surface area contributed by atoms with Gasteiger partial charge in [0.05, 0.1) is 25.2 Å². The molecule has 3 saturated heterocycles. The summed E-state index contributed by atoms with van der Waals surface area (Å²) in [6, 6.07) is 0. The number of rotatable bonds is 3. The third kappa shape index (κ3) is 2.26. The van der Waals surface area contributed by atoms with Crippen LogP contribution in [0.3, 0.4) is 0 Å². The van der Waals surface area contributed by atoms with E-state index in [1.165, 1.54) is 6.08 Å². The van der Waals surface area contributed by atoms with Gasteiger partial charge in [0.25, 0.3) is 0 Å². The van der Waals surface area contributed by atoms with Gasteiger partial charge in [-0.25, -0.2) is 9.59 Å². The molecule has 2 N–H and O–H groups in total. The Hall–Kier alpha value is -1.74. The Labute approximate surface area is 162 Å². The monoisotopic (exact) mass is 392 g/mol. The molecular formula is C20H24O8. The first-order valence-corrected chi connectivity index (χ1v) is 9.62. The normalized spacial score (nSPS) is 51.1. The van der Waals surface area contributed by atoms with Crippen LogP contribution in [0.1, 0.15) is 20.3 Å². The van der Waals surface area contributed by atoms with Crippen molar-refractivity contribution < 1.29 is 38.7 Å². The van der Waals surface area contributed by atoms with Crippen molar-refractivity contribution in [3.63, 3.8) is 0 Å². The van der Waals surface area contributed by atoms with Crippen LogP contribution in [0.25, 0.3) is 0 Å². The molecule has 0 aromatic heterocycles. The molecule has 9 atom stereocenters. The third-order valence-corrected chi connectivity index (χ3v) is 7.28. The molecule has 28 heavy (non-hydrogen) atoms. The Balaban J connectivity index is 1.53. The van der Waals surface area contributed by atoms with Crippen molar-refractivity contribution in [2.45, 2.75) is 55.9 Å². The summed E-state index contributed by atoms with van der Waals surface area (Å²) in [5, 5.41) is 19.9. The van der Waals surface area contributed by atoms with Crippen LogP contribution in [-0.4, -0.2) is 71.0 Å². The van der Waals surface area contributed by atoms with E-state index >= 15 is 0 Å². The second kappa shape index (κ2) is 5.66. The van der Waals surface area contributed by atoms with Crippen LogP contribution in [0.2, 0.25) is 0 Å². The van der Waals surface area contributed by atoms with Crippen molar-refractivity contribution in [3.05, 3.63) is 23.8 Å². The molecule has 0 aromatic rings. The summed E-state index contributed by atoms with van der Waals surface area (Å²) in [5.74, 6) is -2.13. The highest BCUT2D eigenvalue weighted by molar-refractivity contribution is 5.91. The van der Waals surface area contributed by atoms with Gasteiger partial charge in [0.2, 0.25) is 0 Å². The smallest absolute Gasteiger partial charge is 0.334 e. The average Bonchev–Trinajstić information content (AvgIpc) is 3.52. The van der Waals surface area contributed by atoms with Gasteiger partial charge >= 0.3 is 11.9 Å². The van der Waals surface area contributed by atoms with E-state index in [0.29, 0.717) is 13.0 Å². The lowest BCUT2D eigenvalue weighted by atomic mass is 9.76. The predicted octanol–water partition coefficient (Wildman–Crippen LogP) is -0.128. The standard InChI is InChI=1S/C20H24O8/c1-8(4-5-21)17(23)26-10-6-20(7-25-20)12-13(19(3)16(28-19)14(12)22)15-11(10)9(2)18(24)27-15/h4,10-16,21-22H,2,5-7H2,1,3H3. The number of esters is 2. The molecule has 9 unspecified atom stereocenters. The van der Waals surface area contributed by atoms with E-state index in [1.54, 1.807) is 6.92 Å². The zero-order chi connectivity index (χ0) is 20.0. The SMILES string of the molecule is C=C1C(=O)OC2C1C(OC(=O)C(C)=CCO)CC1(CO1)C1C(O)C3OC3(C)C21. The van der Waals surface area contributed by atoms with E-state index in [0.717, 1.165) is 0 Å². The maximum atomic E-state index is 12.5. The Morgan fingerprint density at radius 3 is 2.79 bits per heavy atom. The lowest BCUT2D eigenvalue weighted by Gasteiger charge is -2.33. The number of carbonyl (C=O) groups excluding carboxylic acids is 2. The molecule has 3 heterocycles. The summed E-state index contributed by atoms with van der Waals surface area (Å²) in [4.78, 5) is 24.8. The van der Waals surface area contributed by atoms with Gasteiger partial charge in [0.15, 0.2) is 0 Å². The quantitative estimate of drug-likeness (QED) is 0.387. The van der Waals surface area contributed by atoms with Crippen molar-refractivity contribution in [1.82, 2.24) is 0 Å². The first-order valence-electron chi connectivity index (χ1n) is 9.62. The lowest BCUT2D eigenvalue weighted by Crippen LogP contribution is -2.44. The largest absolute Gasteiger partial charge is 0.458 e. The van der Waals surface area contributed by atoms with Crippen molar-refractivity contribution in [3.8, 4) is 0 Å². The van der Waals surface area contributed by atoms with Gasteiger partial charge < -0.3 is 29.2 Å². The van der Waals surface area contributed by atoms with Crippen LogP contribution in [0, 0.1) is 17.8 Å². The van der Waals surface area contributed by atoms with Crippen molar-refractivity contribution in [2.24, 2.45) is 17.8 Å². The molecule has 152 valence electrons. The van der Waals surface area contributed by atoms with Gasteiger partial charge in [0, 0.05) is 29.4 Å². The molecule has 0 radical (unpaired) electrons. The molecular weight excluding hydrogens is 368 g/mol. The first kappa shape index (κ1) is 18.3. The first-order chi connectivity index (χ1) is 13.2. The third-order valence-electron chi connectivity index (χ3n) is 7.28. The minimum atomic E-state index is -0.726. The molecule has 8 nitrogen and oxygen atoms in total. The van der Waals surface area contributed by atoms with Crippen LogP contribution in [0.5, 0.6) is 0 Å². The molecule has 2 saturated carbocycles. The minimum absolute atomic E-state index is 0.263. The molecule has 5 aliphatic rings. The van der Waals surface area contributed by atoms with Crippen LogP contribution < -0.4 is 0 Å². The van der Waals surface area contributed by atoms with Gasteiger partial charge in [-0.2, -0.15) is 0 Å². The summed E-state index contributed by atoms with van der Waals surface area (Å²) >= 11 is 0. The molecule has 1 spiro atoms. The van der Waals surface area contributed by atoms with E-state index in [-0.39, 0.29) is 35.7 Å². The fourth-order valence-corrected chi connectivity index (χ4v) is 5.75. The summed E-state index contributed by atoms with van der Waals surface area (Å²) in [6.45, 7) is 7.56. The molecule has 0 amide bonds. The number of ether oxygens (including phenoxy) is 4. The van der Waals surface area contributed by atoms with Gasteiger partial charge in [-0.3, -0.25) is 0 Å². The highest BCUT2D eigenvalue weighted by atomic mass is 16.6. The zero-order valence-corrected chi connectivity index (χ0v) is 15.8. The van der Waals surface area contributed by atoms with Gasteiger partial charge in [-0.15, -0.1) is 0 Å². The number of aliphatic hydroxyl groups excluding tert-OH is 2. The number of carbonyl (C=O) groups is 2. The summed E-state index contributed by atoms with van der Waals surface area (Å²) < 4.78 is 23.1. The van der Waals surface area contributed by atoms with Gasteiger partial charge in [0.1, 0.15) is 29.5 Å². The maximum Gasteiger partial charge on any atom is 0.334 e. The van der Waals surface area contributed by atoms with Crippen LogP contribution in [0.4, 0.5) is 0 Å². The highest BCUT2D eigenvalue weighted by Crippen LogP contribution is 2.67. The molecule has 3 aliphatic heterocycles. The second-order valence-electron chi connectivity index (χ2n) is 8.76.